The van der Waals surface area contributed by atoms with Gasteiger partial charge in [-0.3, -0.25) is 4.79 Å². The Morgan fingerprint density at radius 3 is 2.61 bits per heavy atom. The molecule has 1 aromatic heterocycles. The molecule has 1 amide bonds. The van der Waals surface area contributed by atoms with Gasteiger partial charge in [-0.25, -0.2) is 4.98 Å². The van der Waals surface area contributed by atoms with Crippen molar-refractivity contribution in [3.8, 4) is 0 Å². The molecule has 3 aromatic rings. The Morgan fingerprint density at radius 1 is 1.07 bits per heavy atom. The number of nitrogens with zero attached hydrogens (tertiary/aromatic N) is 2. The van der Waals surface area contributed by atoms with Crippen LogP contribution in [0.2, 0.25) is 5.02 Å². The fourth-order valence-corrected chi connectivity index (χ4v) is 3.49. The molecular formula is C23H28ClN3O. The molecule has 1 heterocycles. The van der Waals surface area contributed by atoms with Gasteiger partial charge in [0.2, 0.25) is 5.91 Å². The molecule has 4 nitrogen and oxygen atoms in total. The van der Waals surface area contributed by atoms with Crippen LogP contribution in [0.15, 0.2) is 48.5 Å². The maximum absolute atomic E-state index is 11.6. The zero-order valence-corrected chi connectivity index (χ0v) is 17.4. The highest BCUT2D eigenvalue weighted by Crippen LogP contribution is 2.22. The summed E-state index contributed by atoms with van der Waals surface area (Å²) in [5.41, 5.74) is 3.26. The van der Waals surface area contributed by atoms with Crippen molar-refractivity contribution in [3.05, 3.63) is 64.9 Å². The zero-order chi connectivity index (χ0) is 19.9. The lowest BCUT2D eigenvalue weighted by Gasteiger charge is -2.11. The molecule has 0 spiro atoms. The fraction of sp³-hybridized carbons (Fsp3) is 0.391. The van der Waals surface area contributed by atoms with E-state index in [1.165, 1.54) is 0 Å². The van der Waals surface area contributed by atoms with Gasteiger partial charge in [0.15, 0.2) is 0 Å². The summed E-state index contributed by atoms with van der Waals surface area (Å²) in [6, 6.07) is 16.2. The van der Waals surface area contributed by atoms with Crippen LogP contribution in [0.1, 0.15) is 44.5 Å². The van der Waals surface area contributed by atoms with E-state index >= 15 is 0 Å². The topological polar surface area (TPSA) is 46.9 Å². The Labute approximate surface area is 171 Å². The maximum atomic E-state index is 11.6. The molecule has 0 saturated heterocycles. The van der Waals surface area contributed by atoms with Gasteiger partial charge in [0.1, 0.15) is 5.82 Å². The summed E-state index contributed by atoms with van der Waals surface area (Å²) in [7, 11) is 0. The van der Waals surface area contributed by atoms with Crippen LogP contribution in [0.4, 0.5) is 0 Å². The fourth-order valence-electron chi connectivity index (χ4n) is 3.29. The maximum Gasteiger partial charge on any atom is 0.222 e. The Hall–Kier alpha value is -2.33. The van der Waals surface area contributed by atoms with E-state index in [0.29, 0.717) is 0 Å². The Balaban J connectivity index is 1.64. The average Bonchev–Trinajstić information content (AvgIpc) is 3.03. The number of carbonyl (C=O) groups is 1. The number of rotatable bonds is 9. The molecule has 0 aliphatic carbocycles. The number of imidazole rings is 1. The number of carbonyl (C=O) groups excluding carboxylic acids is 1. The van der Waals surface area contributed by atoms with Crippen LogP contribution in [0, 0.1) is 5.92 Å². The average molecular weight is 398 g/mol. The normalized spacial score (nSPS) is 11.3. The third kappa shape index (κ3) is 5.14. The minimum atomic E-state index is 0.0460. The van der Waals surface area contributed by atoms with Gasteiger partial charge < -0.3 is 9.88 Å². The van der Waals surface area contributed by atoms with Gasteiger partial charge in [-0.2, -0.15) is 0 Å². The number of amides is 1. The number of nitrogens with one attached hydrogen (secondary N) is 1. The monoisotopic (exact) mass is 397 g/mol. The van der Waals surface area contributed by atoms with Gasteiger partial charge >= 0.3 is 0 Å². The molecule has 0 bridgehead atoms. The van der Waals surface area contributed by atoms with Gasteiger partial charge in [-0.15, -0.1) is 0 Å². The molecule has 0 radical (unpaired) electrons. The van der Waals surface area contributed by atoms with E-state index in [2.05, 4.69) is 28.1 Å². The first kappa shape index (κ1) is 20.4. The number of hydrogen-bond donors (Lipinski definition) is 1. The van der Waals surface area contributed by atoms with E-state index in [4.69, 9.17) is 16.6 Å². The molecule has 2 aromatic carbocycles. The second kappa shape index (κ2) is 9.74. The largest absolute Gasteiger partial charge is 0.356 e. The van der Waals surface area contributed by atoms with Crippen molar-refractivity contribution in [1.29, 1.82) is 0 Å². The number of para-hydroxylation sites is 2. The second-order valence-electron chi connectivity index (χ2n) is 7.45. The third-order valence-corrected chi connectivity index (χ3v) is 5.29. The SMILES string of the molecule is CC(C)C(=O)NCCCCCc1nc2ccccc2n1Cc1ccccc1Cl. The number of fused-ring (bicyclic) bond motifs is 1. The van der Waals surface area contributed by atoms with Gasteiger partial charge in [0.25, 0.3) is 0 Å². The highest BCUT2D eigenvalue weighted by atomic mass is 35.5. The van der Waals surface area contributed by atoms with E-state index in [1.807, 2.05) is 44.2 Å². The molecule has 1 N–H and O–H groups in total. The first-order chi connectivity index (χ1) is 13.6. The third-order valence-electron chi connectivity index (χ3n) is 4.92. The highest BCUT2D eigenvalue weighted by Gasteiger charge is 2.12. The number of halogens is 1. The lowest BCUT2D eigenvalue weighted by Crippen LogP contribution is -2.28. The summed E-state index contributed by atoms with van der Waals surface area (Å²) in [4.78, 5) is 16.5. The summed E-state index contributed by atoms with van der Waals surface area (Å²) < 4.78 is 2.27. The van der Waals surface area contributed by atoms with E-state index in [-0.39, 0.29) is 11.8 Å². The first-order valence-electron chi connectivity index (χ1n) is 10.0. The molecule has 0 aliphatic rings. The van der Waals surface area contributed by atoms with Crippen molar-refractivity contribution in [2.24, 2.45) is 5.92 Å². The van der Waals surface area contributed by atoms with Crippen molar-refractivity contribution in [3.63, 3.8) is 0 Å². The number of aromatic nitrogens is 2. The van der Waals surface area contributed by atoms with Crippen molar-refractivity contribution in [2.45, 2.75) is 46.1 Å². The summed E-state index contributed by atoms with van der Waals surface area (Å²) in [5.74, 6) is 1.26. The Kier molecular flexibility index (Phi) is 7.10. The van der Waals surface area contributed by atoms with Crippen molar-refractivity contribution >= 4 is 28.5 Å². The lowest BCUT2D eigenvalue weighted by atomic mass is 10.1. The summed E-state index contributed by atoms with van der Waals surface area (Å²) in [5, 5.41) is 3.76. The Bertz CT molecular complexity index is 932. The molecule has 0 fully saturated rings. The second-order valence-corrected chi connectivity index (χ2v) is 7.86. The quantitative estimate of drug-likeness (QED) is 0.503. The van der Waals surface area contributed by atoms with E-state index in [0.717, 1.165) is 66.2 Å². The lowest BCUT2D eigenvalue weighted by molar-refractivity contribution is -0.123. The van der Waals surface area contributed by atoms with Gasteiger partial charge in [0.05, 0.1) is 17.6 Å². The molecular weight excluding hydrogens is 370 g/mol. The molecule has 0 aliphatic heterocycles. The van der Waals surface area contributed by atoms with Gasteiger partial charge in [-0.05, 0) is 36.6 Å². The van der Waals surface area contributed by atoms with Crippen LogP contribution in [0.5, 0.6) is 0 Å². The van der Waals surface area contributed by atoms with Crippen LogP contribution in [-0.2, 0) is 17.8 Å². The molecule has 148 valence electrons. The number of aryl methyl sites for hydroxylation is 1. The molecule has 0 atom stereocenters. The van der Waals surface area contributed by atoms with Crippen molar-refractivity contribution in [2.75, 3.05) is 6.54 Å². The van der Waals surface area contributed by atoms with Crippen LogP contribution >= 0.6 is 11.6 Å². The minimum Gasteiger partial charge on any atom is -0.356 e. The highest BCUT2D eigenvalue weighted by molar-refractivity contribution is 6.31. The molecule has 28 heavy (non-hydrogen) atoms. The molecule has 5 heteroatoms. The van der Waals surface area contributed by atoms with Crippen molar-refractivity contribution < 1.29 is 4.79 Å². The Morgan fingerprint density at radius 2 is 1.82 bits per heavy atom. The number of unbranched alkanes of at least 4 members (excludes halogenated alkanes) is 2. The van der Waals surface area contributed by atoms with E-state index in [9.17, 15) is 4.79 Å². The first-order valence-corrected chi connectivity index (χ1v) is 10.4. The standard InChI is InChI=1S/C23H28ClN3O/c1-17(2)23(28)25-15-9-3-4-14-22-26-20-12-7-8-13-21(20)27(22)16-18-10-5-6-11-19(18)24/h5-8,10-13,17H,3-4,9,14-16H2,1-2H3,(H,25,28). The smallest absolute Gasteiger partial charge is 0.222 e. The molecule has 3 rings (SSSR count). The minimum absolute atomic E-state index is 0.0460. The van der Waals surface area contributed by atoms with Crippen LogP contribution in [-0.4, -0.2) is 22.0 Å². The van der Waals surface area contributed by atoms with E-state index < -0.39 is 0 Å². The summed E-state index contributed by atoms with van der Waals surface area (Å²) in [6.45, 7) is 5.30. The number of hydrogen-bond acceptors (Lipinski definition) is 2. The predicted molar refractivity (Wildman–Crippen MR) is 116 cm³/mol. The van der Waals surface area contributed by atoms with Crippen molar-refractivity contribution in [1.82, 2.24) is 14.9 Å². The number of benzene rings is 2. The molecule has 0 unspecified atom stereocenters. The zero-order valence-electron chi connectivity index (χ0n) is 16.6. The van der Waals surface area contributed by atoms with Gasteiger partial charge in [0, 0.05) is 23.9 Å². The van der Waals surface area contributed by atoms with Crippen LogP contribution in [0.3, 0.4) is 0 Å². The van der Waals surface area contributed by atoms with E-state index in [1.54, 1.807) is 0 Å². The van der Waals surface area contributed by atoms with Gasteiger partial charge in [-0.1, -0.05) is 62.2 Å². The summed E-state index contributed by atoms with van der Waals surface area (Å²) >= 11 is 6.39. The van der Waals surface area contributed by atoms with Crippen LogP contribution in [0.25, 0.3) is 11.0 Å². The predicted octanol–water partition coefficient (Wildman–Crippen LogP) is 5.22. The summed E-state index contributed by atoms with van der Waals surface area (Å²) in [6.07, 6.45) is 4.01. The van der Waals surface area contributed by atoms with Crippen LogP contribution < -0.4 is 5.32 Å². The molecule has 0 saturated carbocycles.